The van der Waals surface area contributed by atoms with Crippen molar-refractivity contribution in [2.45, 2.75) is 12.8 Å². The largest absolute Gasteiger partial charge is 0.393 e. The summed E-state index contributed by atoms with van der Waals surface area (Å²) in [5.74, 6) is 0.0676. The second-order valence-corrected chi connectivity index (χ2v) is 5.23. The van der Waals surface area contributed by atoms with Gasteiger partial charge in [0.15, 0.2) is 0 Å². The normalized spacial score (nSPS) is 11.5. The van der Waals surface area contributed by atoms with Gasteiger partial charge in [0.2, 0.25) is 10.0 Å². The summed E-state index contributed by atoms with van der Waals surface area (Å²) >= 11 is 4.61. The minimum Gasteiger partial charge on any atom is -0.393 e. The number of sulfonamides is 1. The van der Waals surface area contributed by atoms with Gasteiger partial charge in [0, 0.05) is 26.7 Å². The van der Waals surface area contributed by atoms with E-state index in [4.69, 9.17) is 10.5 Å². The van der Waals surface area contributed by atoms with Crippen LogP contribution in [0.4, 0.5) is 0 Å². The Morgan fingerprint density at radius 1 is 1.57 bits per heavy atom. The van der Waals surface area contributed by atoms with Crippen LogP contribution in [0, 0.1) is 0 Å². The van der Waals surface area contributed by atoms with Gasteiger partial charge in [-0.15, -0.1) is 0 Å². The lowest BCUT2D eigenvalue weighted by Gasteiger charge is -2.05. The maximum Gasteiger partial charge on any atom is 0.211 e. The van der Waals surface area contributed by atoms with E-state index in [0.717, 1.165) is 0 Å². The molecule has 0 fully saturated rings. The summed E-state index contributed by atoms with van der Waals surface area (Å²) in [4.78, 5) is 0.310. The van der Waals surface area contributed by atoms with Crippen LogP contribution in [-0.4, -0.2) is 39.4 Å². The summed E-state index contributed by atoms with van der Waals surface area (Å²) in [5.41, 5.74) is 5.22. The van der Waals surface area contributed by atoms with Gasteiger partial charge in [-0.05, 0) is 6.42 Å². The van der Waals surface area contributed by atoms with Crippen LogP contribution in [-0.2, 0) is 14.8 Å². The molecule has 0 atom stereocenters. The van der Waals surface area contributed by atoms with Gasteiger partial charge in [0.05, 0.1) is 10.7 Å². The molecule has 84 valence electrons. The molecule has 0 spiro atoms. The minimum absolute atomic E-state index is 0.0676. The lowest BCUT2D eigenvalue weighted by molar-refractivity contribution is 0.199. The predicted octanol–water partition coefficient (Wildman–Crippen LogP) is -0.381. The predicted molar refractivity (Wildman–Crippen MR) is 59.7 cm³/mol. The monoisotopic (exact) mass is 240 g/mol. The Labute approximate surface area is 90.1 Å². The van der Waals surface area contributed by atoms with Crippen LogP contribution in [0.1, 0.15) is 12.8 Å². The molecule has 0 aliphatic carbocycles. The van der Waals surface area contributed by atoms with Gasteiger partial charge in [0.1, 0.15) is 0 Å². The molecule has 0 aliphatic heterocycles. The molecule has 0 saturated carbocycles. The molecular weight excluding hydrogens is 224 g/mol. The molecule has 0 aromatic rings. The Kier molecular flexibility index (Phi) is 6.98. The van der Waals surface area contributed by atoms with Crippen LogP contribution in [0.25, 0.3) is 0 Å². The number of hydrogen-bond acceptors (Lipinski definition) is 4. The highest BCUT2D eigenvalue weighted by molar-refractivity contribution is 7.89. The van der Waals surface area contributed by atoms with Crippen LogP contribution < -0.4 is 10.5 Å². The van der Waals surface area contributed by atoms with Crippen molar-refractivity contribution in [1.82, 2.24) is 4.72 Å². The molecular formula is C7H16N2O3S2. The first kappa shape index (κ1) is 13.8. The molecule has 0 unspecified atom stereocenters. The SMILES string of the molecule is COCCCS(=O)(=O)NCCC(N)=S. The molecule has 0 saturated heterocycles. The topological polar surface area (TPSA) is 81.4 Å². The van der Waals surface area contributed by atoms with Crippen molar-refractivity contribution in [3.8, 4) is 0 Å². The lowest BCUT2D eigenvalue weighted by atomic mass is 10.4. The van der Waals surface area contributed by atoms with E-state index >= 15 is 0 Å². The van der Waals surface area contributed by atoms with Crippen LogP contribution in [0.2, 0.25) is 0 Å². The fraction of sp³-hybridized carbons (Fsp3) is 0.857. The number of ether oxygens (including phenoxy) is 1. The van der Waals surface area contributed by atoms with Gasteiger partial charge in [-0.25, -0.2) is 13.1 Å². The highest BCUT2D eigenvalue weighted by Crippen LogP contribution is 1.90. The van der Waals surface area contributed by atoms with Crippen molar-refractivity contribution in [2.75, 3.05) is 26.0 Å². The Hall–Kier alpha value is -0.240. The molecule has 3 N–H and O–H groups in total. The van der Waals surface area contributed by atoms with Gasteiger partial charge >= 0.3 is 0 Å². The Bertz CT molecular complexity index is 264. The molecule has 5 nitrogen and oxygen atoms in total. The van der Waals surface area contributed by atoms with Crippen molar-refractivity contribution >= 4 is 27.2 Å². The first-order valence-corrected chi connectivity index (χ1v) is 6.28. The zero-order valence-electron chi connectivity index (χ0n) is 8.15. The number of nitrogens with two attached hydrogens (primary N) is 1. The number of methoxy groups -OCH3 is 1. The van der Waals surface area contributed by atoms with Crippen molar-refractivity contribution in [3.05, 3.63) is 0 Å². The Morgan fingerprint density at radius 2 is 2.21 bits per heavy atom. The van der Waals surface area contributed by atoms with Gasteiger partial charge in [0.25, 0.3) is 0 Å². The number of thiocarbonyl (C=S) groups is 1. The Balaban J connectivity index is 3.67. The molecule has 0 rings (SSSR count). The van der Waals surface area contributed by atoms with Crippen molar-refractivity contribution < 1.29 is 13.2 Å². The van der Waals surface area contributed by atoms with Crippen LogP contribution in [0.5, 0.6) is 0 Å². The van der Waals surface area contributed by atoms with Crippen LogP contribution in [0.15, 0.2) is 0 Å². The summed E-state index contributed by atoms with van der Waals surface area (Å²) in [6.07, 6.45) is 0.873. The fourth-order valence-corrected chi connectivity index (χ4v) is 1.95. The smallest absolute Gasteiger partial charge is 0.211 e. The molecule has 0 radical (unpaired) electrons. The standard InChI is InChI=1S/C7H16N2O3S2/c1-12-5-2-6-14(10,11)9-4-3-7(8)13/h9H,2-6H2,1H3,(H2,8,13). The quantitative estimate of drug-likeness (QED) is 0.446. The zero-order chi connectivity index (χ0) is 11.0. The number of nitrogens with one attached hydrogen (secondary N) is 1. The zero-order valence-corrected chi connectivity index (χ0v) is 9.79. The van der Waals surface area contributed by atoms with E-state index < -0.39 is 10.0 Å². The summed E-state index contributed by atoms with van der Waals surface area (Å²) in [6, 6.07) is 0. The second kappa shape index (κ2) is 7.10. The maximum atomic E-state index is 11.2. The molecule has 0 heterocycles. The molecule has 0 amide bonds. The second-order valence-electron chi connectivity index (χ2n) is 2.78. The van der Waals surface area contributed by atoms with Gasteiger partial charge in [-0.2, -0.15) is 0 Å². The average molecular weight is 240 g/mol. The first-order valence-electron chi connectivity index (χ1n) is 4.22. The minimum atomic E-state index is -3.19. The number of rotatable bonds is 8. The maximum absolute atomic E-state index is 11.2. The van der Waals surface area contributed by atoms with E-state index in [1.807, 2.05) is 0 Å². The highest BCUT2D eigenvalue weighted by Gasteiger charge is 2.08. The third-order valence-corrected chi connectivity index (χ3v) is 3.13. The summed E-state index contributed by atoms with van der Waals surface area (Å²) in [5, 5.41) is 0. The van der Waals surface area contributed by atoms with Crippen molar-refractivity contribution in [3.63, 3.8) is 0 Å². The van der Waals surface area contributed by atoms with Crippen LogP contribution in [0.3, 0.4) is 0 Å². The third kappa shape index (κ3) is 8.36. The highest BCUT2D eigenvalue weighted by atomic mass is 32.2. The Morgan fingerprint density at radius 3 is 2.71 bits per heavy atom. The summed E-state index contributed by atoms with van der Waals surface area (Å²) in [6.45, 7) is 0.709. The molecule has 0 aliphatic rings. The first-order chi connectivity index (χ1) is 6.48. The molecule has 14 heavy (non-hydrogen) atoms. The van der Waals surface area contributed by atoms with E-state index in [0.29, 0.717) is 24.4 Å². The summed E-state index contributed by atoms with van der Waals surface area (Å²) in [7, 11) is -1.66. The molecule has 7 heteroatoms. The number of hydrogen-bond donors (Lipinski definition) is 2. The van der Waals surface area contributed by atoms with Crippen molar-refractivity contribution in [1.29, 1.82) is 0 Å². The lowest BCUT2D eigenvalue weighted by Crippen LogP contribution is -2.29. The van der Waals surface area contributed by atoms with Gasteiger partial charge < -0.3 is 10.5 Å². The van der Waals surface area contributed by atoms with Crippen LogP contribution >= 0.6 is 12.2 Å². The van der Waals surface area contributed by atoms with E-state index in [2.05, 4.69) is 16.9 Å². The molecule has 0 aromatic carbocycles. The van der Waals surface area contributed by atoms with Gasteiger partial charge in [-0.3, -0.25) is 0 Å². The van der Waals surface area contributed by atoms with E-state index in [1.54, 1.807) is 0 Å². The summed E-state index contributed by atoms with van der Waals surface area (Å²) < 4.78 is 29.6. The van der Waals surface area contributed by atoms with E-state index in [-0.39, 0.29) is 12.3 Å². The van der Waals surface area contributed by atoms with Crippen molar-refractivity contribution in [2.24, 2.45) is 5.73 Å². The fourth-order valence-electron chi connectivity index (χ4n) is 0.795. The van der Waals surface area contributed by atoms with E-state index in [9.17, 15) is 8.42 Å². The van der Waals surface area contributed by atoms with Gasteiger partial charge in [-0.1, -0.05) is 12.2 Å². The third-order valence-electron chi connectivity index (χ3n) is 1.45. The molecule has 0 aromatic heterocycles. The molecule has 0 bridgehead atoms. The average Bonchev–Trinajstić information content (AvgIpc) is 2.03. The van der Waals surface area contributed by atoms with E-state index in [1.165, 1.54) is 7.11 Å².